The van der Waals surface area contributed by atoms with Crippen molar-refractivity contribution in [3.05, 3.63) is 0 Å². The molecule has 0 atom stereocenters. The molecule has 5 heteroatoms. The lowest BCUT2D eigenvalue weighted by Crippen LogP contribution is -2.43. The summed E-state index contributed by atoms with van der Waals surface area (Å²) in [6, 6.07) is 0. The summed E-state index contributed by atoms with van der Waals surface area (Å²) in [6.45, 7) is 1.02. The summed E-state index contributed by atoms with van der Waals surface area (Å²) in [5.74, 6) is -0.864. The average molecular weight is 256 g/mol. The molecule has 0 saturated heterocycles. The molecular weight excluding hydrogens is 232 g/mol. The van der Waals surface area contributed by atoms with Crippen molar-refractivity contribution in [3.8, 4) is 0 Å². The van der Waals surface area contributed by atoms with Gasteiger partial charge >= 0.3 is 5.97 Å². The van der Waals surface area contributed by atoms with Crippen LogP contribution >= 0.6 is 0 Å². The van der Waals surface area contributed by atoms with Crippen molar-refractivity contribution < 1.29 is 14.7 Å². The fourth-order valence-corrected chi connectivity index (χ4v) is 2.36. The van der Waals surface area contributed by atoms with Crippen molar-refractivity contribution in [3.63, 3.8) is 0 Å². The number of carboxylic acids is 1. The molecule has 0 aromatic heterocycles. The van der Waals surface area contributed by atoms with Crippen LogP contribution in [0.5, 0.6) is 0 Å². The highest BCUT2D eigenvalue weighted by Gasteiger charge is 2.26. The molecule has 0 spiro atoms. The minimum absolute atomic E-state index is 0.0268. The lowest BCUT2D eigenvalue weighted by atomic mass is 9.88. The maximum absolute atomic E-state index is 12.3. The minimum Gasteiger partial charge on any atom is -0.480 e. The van der Waals surface area contributed by atoms with Crippen molar-refractivity contribution in [2.24, 2.45) is 5.92 Å². The maximum atomic E-state index is 12.3. The molecule has 1 aliphatic rings. The van der Waals surface area contributed by atoms with Crippen LogP contribution in [-0.4, -0.2) is 60.5 Å². The van der Waals surface area contributed by atoms with E-state index in [0.717, 1.165) is 25.7 Å². The highest BCUT2D eigenvalue weighted by Crippen LogP contribution is 2.25. The number of amides is 1. The quantitative estimate of drug-likeness (QED) is 0.771. The number of carbonyl (C=O) groups is 2. The largest absolute Gasteiger partial charge is 0.480 e. The van der Waals surface area contributed by atoms with E-state index >= 15 is 0 Å². The first kappa shape index (κ1) is 15.0. The van der Waals surface area contributed by atoms with Gasteiger partial charge in [-0.15, -0.1) is 0 Å². The van der Waals surface area contributed by atoms with Gasteiger partial charge < -0.3 is 14.9 Å². The topological polar surface area (TPSA) is 60.9 Å². The number of nitrogens with zero attached hydrogens (tertiary/aromatic N) is 2. The zero-order valence-electron chi connectivity index (χ0n) is 11.4. The third-order valence-electron chi connectivity index (χ3n) is 3.41. The van der Waals surface area contributed by atoms with Gasteiger partial charge in [0.1, 0.15) is 6.54 Å². The number of hydrogen-bond donors (Lipinski definition) is 1. The molecular formula is C13H24N2O3. The SMILES string of the molecule is CN(C)CCN(CC(=O)O)C(=O)C1CCCCC1. The van der Waals surface area contributed by atoms with E-state index in [1.807, 2.05) is 19.0 Å². The zero-order chi connectivity index (χ0) is 13.5. The van der Waals surface area contributed by atoms with Gasteiger partial charge in [-0.1, -0.05) is 19.3 Å². The summed E-state index contributed by atoms with van der Waals surface area (Å²) >= 11 is 0. The summed E-state index contributed by atoms with van der Waals surface area (Å²) < 4.78 is 0. The summed E-state index contributed by atoms with van der Waals surface area (Å²) in [5, 5.41) is 8.89. The first-order chi connectivity index (χ1) is 8.50. The molecule has 18 heavy (non-hydrogen) atoms. The van der Waals surface area contributed by atoms with Gasteiger partial charge in [0.25, 0.3) is 0 Å². The minimum atomic E-state index is -0.932. The van der Waals surface area contributed by atoms with Crippen LogP contribution in [0.2, 0.25) is 0 Å². The van der Waals surface area contributed by atoms with Crippen molar-refractivity contribution in [1.29, 1.82) is 0 Å². The van der Waals surface area contributed by atoms with Crippen LogP contribution in [-0.2, 0) is 9.59 Å². The standard InChI is InChI=1S/C13H24N2O3/c1-14(2)8-9-15(10-12(16)17)13(18)11-6-4-3-5-7-11/h11H,3-10H2,1-2H3,(H,16,17). The van der Waals surface area contributed by atoms with Crippen LogP contribution in [0, 0.1) is 5.92 Å². The third kappa shape index (κ3) is 5.04. The Kier molecular flexibility index (Phi) is 6.12. The number of carboxylic acid groups (broad SMARTS) is 1. The zero-order valence-corrected chi connectivity index (χ0v) is 11.4. The van der Waals surface area contributed by atoms with Crippen LogP contribution in [0.3, 0.4) is 0 Å². The van der Waals surface area contributed by atoms with E-state index in [9.17, 15) is 9.59 Å². The van der Waals surface area contributed by atoms with E-state index in [1.165, 1.54) is 11.3 Å². The highest BCUT2D eigenvalue weighted by atomic mass is 16.4. The third-order valence-corrected chi connectivity index (χ3v) is 3.41. The number of carbonyl (C=O) groups excluding carboxylic acids is 1. The van der Waals surface area contributed by atoms with Crippen molar-refractivity contribution in [2.45, 2.75) is 32.1 Å². The average Bonchev–Trinajstić information content (AvgIpc) is 2.34. The number of aliphatic carboxylic acids is 1. The molecule has 0 unspecified atom stereocenters. The maximum Gasteiger partial charge on any atom is 0.323 e. The van der Waals surface area contributed by atoms with E-state index in [1.54, 1.807) is 0 Å². The van der Waals surface area contributed by atoms with Crippen LogP contribution < -0.4 is 0 Å². The predicted molar refractivity (Wildman–Crippen MR) is 69.3 cm³/mol. The molecule has 0 aromatic carbocycles. The summed E-state index contributed by atoms with van der Waals surface area (Å²) in [5.41, 5.74) is 0. The molecule has 0 aliphatic heterocycles. The lowest BCUT2D eigenvalue weighted by molar-refractivity contribution is -0.147. The van der Waals surface area contributed by atoms with Crippen molar-refractivity contribution >= 4 is 11.9 Å². The summed E-state index contributed by atoms with van der Waals surface area (Å²) in [4.78, 5) is 26.6. The van der Waals surface area contributed by atoms with Crippen LogP contribution in [0.25, 0.3) is 0 Å². The van der Waals surface area contributed by atoms with Gasteiger partial charge in [0.2, 0.25) is 5.91 Å². The summed E-state index contributed by atoms with van der Waals surface area (Å²) in [7, 11) is 3.84. The highest BCUT2D eigenvalue weighted by molar-refractivity contribution is 5.83. The van der Waals surface area contributed by atoms with Gasteiger partial charge in [-0.3, -0.25) is 9.59 Å². The Morgan fingerprint density at radius 2 is 1.72 bits per heavy atom. The Hall–Kier alpha value is -1.10. The second kappa shape index (κ2) is 7.36. The lowest BCUT2D eigenvalue weighted by Gasteiger charge is -2.29. The van der Waals surface area contributed by atoms with E-state index < -0.39 is 5.97 Å². The number of rotatable bonds is 6. The molecule has 1 amide bonds. The van der Waals surface area contributed by atoms with E-state index in [-0.39, 0.29) is 18.4 Å². The fraction of sp³-hybridized carbons (Fsp3) is 0.846. The van der Waals surface area contributed by atoms with Gasteiger partial charge in [-0.2, -0.15) is 0 Å². The fourth-order valence-electron chi connectivity index (χ4n) is 2.36. The molecule has 0 aromatic rings. The van der Waals surface area contributed by atoms with Crippen LogP contribution in [0.4, 0.5) is 0 Å². The molecule has 5 nitrogen and oxygen atoms in total. The predicted octanol–water partition coefficient (Wildman–Crippen LogP) is 1.04. The number of hydrogen-bond acceptors (Lipinski definition) is 3. The molecule has 1 aliphatic carbocycles. The molecule has 0 heterocycles. The Labute approximate surface area is 109 Å². The van der Waals surface area contributed by atoms with E-state index in [4.69, 9.17) is 5.11 Å². The molecule has 0 bridgehead atoms. The Morgan fingerprint density at radius 1 is 1.11 bits per heavy atom. The smallest absolute Gasteiger partial charge is 0.323 e. The van der Waals surface area contributed by atoms with Gasteiger partial charge in [0, 0.05) is 19.0 Å². The molecule has 1 saturated carbocycles. The summed E-state index contributed by atoms with van der Waals surface area (Å²) in [6.07, 6.45) is 5.20. The van der Waals surface area contributed by atoms with Crippen LogP contribution in [0.15, 0.2) is 0 Å². The Morgan fingerprint density at radius 3 is 2.22 bits per heavy atom. The molecule has 1 fully saturated rings. The first-order valence-electron chi connectivity index (χ1n) is 6.66. The normalized spacial score (nSPS) is 16.8. The molecule has 104 valence electrons. The Balaban J connectivity index is 2.55. The second-order valence-corrected chi connectivity index (χ2v) is 5.29. The van der Waals surface area contributed by atoms with Gasteiger partial charge in [-0.05, 0) is 26.9 Å². The van der Waals surface area contributed by atoms with Gasteiger partial charge in [0.05, 0.1) is 0 Å². The number of likely N-dealkylation sites (N-methyl/N-ethyl adjacent to an activating group) is 1. The first-order valence-corrected chi connectivity index (χ1v) is 6.66. The van der Waals surface area contributed by atoms with E-state index in [0.29, 0.717) is 13.1 Å². The van der Waals surface area contributed by atoms with Crippen LogP contribution in [0.1, 0.15) is 32.1 Å². The van der Waals surface area contributed by atoms with Gasteiger partial charge in [-0.25, -0.2) is 0 Å². The van der Waals surface area contributed by atoms with E-state index in [2.05, 4.69) is 0 Å². The Bertz CT molecular complexity index is 286. The van der Waals surface area contributed by atoms with Gasteiger partial charge in [0.15, 0.2) is 0 Å². The second-order valence-electron chi connectivity index (χ2n) is 5.29. The molecule has 1 N–H and O–H groups in total. The van der Waals surface area contributed by atoms with Crippen molar-refractivity contribution in [1.82, 2.24) is 9.80 Å². The molecule has 0 radical (unpaired) electrons. The monoisotopic (exact) mass is 256 g/mol. The molecule has 1 rings (SSSR count). The van der Waals surface area contributed by atoms with Crippen molar-refractivity contribution in [2.75, 3.05) is 33.7 Å².